The molecule has 6 nitrogen and oxygen atoms in total. The van der Waals surface area contributed by atoms with Gasteiger partial charge >= 0.3 is 0 Å². The lowest BCUT2D eigenvalue weighted by Gasteiger charge is -2.12. The van der Waals surface area contributed by atoms with Gasteiger partial charge in [0, 0.05) is 24.0 Å². The average molecular weight is 308 g/mol. The average Bonchev–Trinajstić information content (AvgIpc) is 3.07. The first kappa shape index (κ1) is 16.0. The molecule has 0 saturated heterocycles. The molecule has 0 radical (unpaired) electrons. The Kier molecular flexibility index (Phi) is 5.41. The summed E-state index contributed by atoms with van der Waals surface area (Å²) in [7, 11) is 0. The van der Waals surface area contributed by atoms with Crippen molar-refractivity contribution in [2.45, 2.75) is 64.2 Å². The monoisotopic (exact) mass is 308 g/mol. The van der Waals surface area contributed by atoms with Crippen molar-refractivity contribution in [2.75, 3.05) is 0 Å². The fourth-order valence-corrected chi connectivity index (χ4v) is 3.34. The predicted octanol–water partition coefficient (Wildman–Crippen LogP) is 2.39. The summed E-state index contributed by atoms with van der Waals surface area (Å²) in [5, 5.41) is 14.0. The van der Waals surface area contributed by atoms with Crippen LogP contribution in [0.25, 0.3) is 0 Å². The summed E-state index contributed by atoms with van der Waals surface area (Å²) in [5.74, 6) is 1.68. The molecule has 21 heavy (non-hydrogen) atoms. The van der Waals surface area contributed by atoms with Crippen LogP contribution in [0.5, 0.6) is 0 Å². The van der Waals surface area contributed by atoms with Crippen molar-refractivity contribution < 1.29 is 0 Å². The van der Waals surface area contributed by atoms with Gasteiger partial charge in [0.05, 0.1) is 12.2 Å². The van der Waals surface area contributed by atoms with E-state index in [1.54, 1.807) is 11.8 Å². The molecule has 0 saturated carbocycles. The number of nitrogens with zero attached hydrogens (tertiary/aromatic N) is 5. The third-order valence-electron chi connectivity index (χ3n) is 3.36. The summed E-state index contributed by atoms with van der Waals surface area (Å²) in [5.41, 5.74) is 8.10. The molecule has 2 aromatic heterocycles. The molecule has 0 aliphatic rings. The van der Waals surface area contributed by atoms with E-state index in [-0.39, 0.29) is 0 Å². The molecule has 0 unspecified atom stereocenters. The first-order chi connectivity index (χ1) is 10.1. The van der Waals surface area contributed by atoms with Crippen molar-refractivity contribution in [3.8, 4) is 0 Å². The van der Waals surface area contributed by atoms with Crippen molar-refractivity contribution in [1.82, 2.24) is 24.5 Å². The lowest BCUT2D eigenvalue weighted by atomic mass is 10.3. The van der Waals surface area contributed by atoms with Crippen LogP contribution in [0.2, 0.25) is 0 Å². The molecule has 0 bridgehead atoms. The molecule has 116 valence electrons. The van der Waals surface area contributed by atoms with E-state index in [1.807, 2.05) is 0 Å². The van der Waals surface area contributed by atoms with Gasteiger partial charge in [0.2, 0.25) is 0 Å². The van der Waals surface area contributed by atoms with Crippen LogP contribution in [0.15, 0.2) is 11.2 Å². The fourth-order valence-electron chi connectivity index (χ4n) is 2.28. The molecule has 2 N–H and O–H groups in total. The Balaban J connectivity index is 2.16. The maximum atomic E-state index is 5.73. The third-order valence-corrected chi connectivity index (χ3v) is 4.34. The molecule has 0 aromatic carbocycles. The quantitative estimate of drug-likeness (QED) is 0.795. The number of nitrogens with two attached hydrogens (primary N) is 1. The first-order valence-corrected chi connectivity index (χ1v) is 8.41. The summed E-state index contributed by atoms with van der Waals surface area (Å²) in [6.45, 7) is 9.79. The van der Waals surface area contributed by atoms with Gasteiger partial charge in [0.25, 0.3) is 0 Å². The van der Waals surface area contributed by atoms with Crippen molar-refractivity contribution in [1.29, 1.82) is 0 Å². The summed E-state index contributed by atoms with van der Waals surface area (Å²) < 4.78 is 4.17. The minimum atomic E-state index is 0.309. The molecule has 7 heteroatoms. The van der Waals surface area contributed by atoms with Gasteiger partial charge in [-0.1, -0.05) is 18.7 Å². The molecular formula is C14H24N6S. The largest absolute Gasteiger partial charge is 0.324 e. The molecule has 0 amide bonds. The fraction of sp³-hybridized carbons (Fsp3) is 0.643. The topological polar surface area (TPSA) is 74.5 Å². The second-order valence-corrected chi connectivity index (χ2v) is 6.09. The number of hydrogen-bond acceptors (Lipinski definition) is 5. The van der Waals surface area contributed by atoms with Gasteiger partial charge in [0.15, 0.2) is 5.16 Å². The summed E-state index contributed by atoms with van der Waals surface area (Å²) in [6.07, 6.45) is 0.962. The van der Waals surface area contributed by atoms with Gasteiger partial charge in [-0.3, -0.25) is 4.68 Å². The van der Waals surface area contributed by atoms with E-state index in [4.69, 9.17) is 5.73 Å². The second-order valence-electron chi connectivity index (χ2n) is 5.15. The lowest BCUT2D eigenvalue weighted by Crippen LogP contribution is -2.11. The first-order valence-electron chi connectivity index (χ1n) is 7.42. The van der Waals surface area contributed by atoms with E-state index in [0.29, 0.717) is 12.6 Å². The van der Waals surface area contributed by atoms with Gasteiger partial charge in [0.1, 0.15) is 5.82 Å². The van der Waals surface area contributed by atoms with Gasteiger partial charge in [-0.25, -0.2) is 0 Å². The SMILES string of the molecule is CCc1cc(CSc2nnc(CN)n2C(C)C)n(CC)n1. The zero-order valence-electron chi connectivity index (χ0n) is 13.2. The van der Waals surface area contributed by atoms with E-state index in [0.717, 1.165) is 35.4 Å². The molecular weight excluding hydrogens is 284 g/mol. The van der Waals surface area contributed by atoms with E-state index in [2.05, 4.69) is 58.3 Å². The van der Waals surface area contributed by atoms with Gasteiger partial charge in [-0.15, -0.1) is 10.2 Å². The molecule has 0 fully saturated rings. The number of aryl methyl sites for hydroxylation is 2. The smallest absolute Gasteiger partial charge is 0.191 e. The predicted molar refractivity (Wildman–Crippen MR) is 85.1 cm³/mol. The highest BCUT2D eigenvalue weighted by Gasteiger charge is 2.15. The Morgan fingerprint density at radius 3 is 2.62 bits per heavy atom. The van der Waals surface area contributed by atoms with Crippen molar-refractivity contribution in [3.63, 3.8) is 0 Å². The second kappa shape index (κ2) is 7.09. The number of hydrogen-bond donors (Lipinski definition) is 1. The zero-order chi connectivity index (χ0) is 15.4. The summed E-state index contributed by atoms with van der Waals surface area (Å²) >= 11 is 1.69. The molecule has 2 rings (SSSR count). The standard InChI is InChI=1S/C14H24N6S/c1-5-11-7-12(19(6-2)18-11)9-21-14-17-16-13(8-15)20(14)10(3)4/h7,10H,5-6,8-9,15H2,1-4H3. The molecule has 2 aromatic rings. The molecule has 0 atom stereocenters. The number of aromatic nitrogens is 5. The Morgan fingerprint density at radius 2 is 2.05 bits per heavy atom. The van der Waals surface area contributed by atoms with Gasteiger partial charge in [-0.2, -0.15) is 5.10 Å². The van der Waals surface area contributed by atoms with Crippen LogP contribution in [-0.4, -0.2) is 24.5 Å². The van der Waals surface area contributed by atoms with Crippen LogP contribution < -0.4 is 5.73 Å². The van der Waals surface area contributed by atoms with Gasteiger partial charge < -0.3 is 10.3 Å². The van der Waals surface area contributed by atoms with Crippen LogP contribution in [0.3, 0.4) is 0 Å². The molecule has 2 heterocycles. The summed E-state index contributed by atoms with van der Waals surface area (Å²) in [6, 6.07) is 2.49. The highest BCUT2D eigenvalue weighted by Crippen LogP contribution is 2.25. The molecule has 0 aliphatic heterocycles. The zero-order valence-corrected chi connectivity index (χ0v) is 14.0. The molecule has 0 aliphatic carbocycles. The summed E-state index contributed by atoms with van der Waals surface area (Å²) in [4.78, 5) is 0. The maximum absolute atomic E-state index is 5.73. The minimum absolute atomic E-state index is 0.309. The van der Waals surface area contributed by atoms with Crippen LogP contribution >= 0.6 is 11.8 Å². The normalized spacial score (nSPS) is 11.5. The van der Waals surface area contributed by atoms with Gasteiger partial charge in [-0.05, 0) is 33.3 Å². The Bertz CT molecular complexity index is 586. The van der Waals surface area contributed by atoms with Crippen LogP contribution in [0.1, 0.15) is 50.9 Å². The number of rotatable bonds is 7. The van der Waals surface area contributed by atoms with E-state index < -0.39 is 0 Å². The highest BCUT2D eigenvalue weighted by molar-refractivity contribution is 7.98. The van der Waals surface area contributed by atoms with E-state index >= 15 is 0 Å². The van der Waals surface area contributed by atoms with Crippen molar-refractivity contribution in [2.24, 2.45) is 5.73 Å². The lowest BCUT2D eigenvalue weighted by molar-refractivity contribution is 0.526. The van der Waals surface area contributed by atoms with Crippen molar-refractivity contribution >= 4 is 11.8 Å². The van der Waals surface area contributed by atoms with E-state index in [9.17, 15) is 0 Å². The molecule has 0 spiro atoms. The Labute approximate surface area is 130 Å². The maximum Gasteiger partial charge on any atom is 0.191 e. The van der Waals surface area contributed by atoms with Crippen LogP contribution in [-0.2, 0) is 25.3 Å². The van der Waals surface area contributed by atoms with Crippen LogP contribution in [0, 0.1) is 0 Å². The highest BCUT2D eigenvalue weighted by atomic mass is 32.2. The third kappa shape index (κ3) is 3.47. The number of thioether (sulfide) groups is 1. The Morgan fingerprint density at radius 1 is 1.29 bits per heavy atom. The Hall–Kier alpha value is -1.34. The minimum Gasteiger partial charge on any atom is -0.324 e. The van der Waals surface area contributed by atoms with Crippen molar-refractivity contribution in [3.05, 3.63) is 23.3 Å². The van der Waals surface area contributed by atoms with Crippen LogP contribution in [0.4, 0.5) is 0 Å². The van der Waals surface area contributed by atoms with E-state index in [1.165, 1.54) is 5.69 Å².